The quantitative estimate of drug-likeness (QED) is 0.872. The summed E-state index contributed by atoms with van der Waals surface area (Å²) in [6.07, 6.45) is 9.70. The minimum atomic E-state index is -0.0109. The normalized spacial score (nSPS) is 18.8. The summed E-state index contributed by atoms with van der Waals surface area (Å²) in [6, 6.07) is 0. The van der Waals surface area contributed by atoms with Crippen LogP contribution in [0.25, 0.3) is 0 Å². The SMILES string of the molecule is CCOC(c1ncc(CO)cn1)C1CCCCC1. The average molecular weight is 250 g/mol. The van der Waals surface area contributed by atoms with E-state index in [2.05, 4.69) is 9.97 Å². The van der Waals surface area contributed by atoms with E-state index < -0.39 is 0 Å². The van der Waals surface area contributed by atoms with Crippen LogP contribution >= 0.6 is 0 Å². The van der Waals surface area contributed by atoms with Gasteiger partial charge in [-0.25, -0.2) is 9.97 Å². The molecule has 0 radical (unpaired) electrons. The summed E-state index contributed by atoms with van der Waals surface area (Å²) in [5.74, 6) is 1.31. The molecule has 0 spiro atoms. The molecular weight excluding hydrogens is 228 g/mol. The van der Waals surface area contributed by atoms with Gasteiger partial charge in [-0.05, 0) is 25.7 Å². The van der Waals surface area contributed by atoms with Crippen LogP contribution in [0.1, 0.15) is 56.5 Å². The molecule has 1 fully saturated rings. The van der Waals surface area contributed by atoms with Crippen LogP contribution in [-0.2, 0) is 11.3 Å². The molecule has 0 aromatic carbocycles. The molecule has 1 atom stereocenters. The highest BCUT2D eigenvalue weighted by Gasteiger charge is 2.27. The van der Waals surface area contributed by atoms with Gasteiger partial charge >= 0.3 is 0 Å². The van der Waals surface area contributed by atoms with E-state index in [1.165, 1.54) is 32.1 Å². The summed E-state index contributed by atoms with van der Waals surface area (Å²) < 4.78 is 5.85. The molecule has 4 heteroatoms. The second-order valence-corrected chi connectivity index (χ2v) is 4.88. The van der Waals surface area contributed by atoms with Crippen LogP contribution in [0.4, 0.5) is 0 Å². The fourth-order valence-corrected chi connectivity index (χ4v) is 2.63. The van der Waals surface area contributed by atoms with E-state index in [1.807, 2.05) is 6.92 Å². The van der Waals surface area contributed by atoms with E-state index >= 15 is 0 Å². The van der Waals surface area contributed by atoms with E-state index in [-0.39, 0.29) is 12.7 Å². The predicted molar refractivity (Wildman–Crippen MR) is 68.9 cm³/mol. The average Bonchev–Trinajstić information content (AvgIpc) is 2.46. The van der Waals surface area contributed by atoms with Gasteiger partial charge in [0.1, 0.15) is 6.10 Å². The molecule has 0 amide bonds. The van der Waals surface area contributed by atoms with Crippen molar-refractivity contribution in [3.05, 3.63) is 23.8 Å². The van der Waals surface area contributed by atoms with Gasteiger partial charge in [0.2, 0.25) is 0 Å². The maximum atomic E-state index is 9.01. The number of ether oxygens (including phenoxy) is 1. The van der Waals surface area contributed by atoms with Crippen molar-refractivity contribution in [1.82, 2.24) is 9.97 Å². The molecule has 100 valence electrons. The molecule has 0 bridgehead atoms. The van der Waals surface area contributed by atoms with E-state index in [9.17, 15) is 0 Å². The third-order valence-electron chi connectivity index (χ3n) is 3.59. The zero-order chi connectivity index (χ0) is 12.8. The number of hydrogen-bond donors (Lipinski definition) is 1. The first-order valence-corrected chi connectivity index (χ1v) is 6.88. The Hall–Kier alpha value is -1.00. The van der Waals surface area contributed by atoms with Crippen molar-refractivity contribution < 1.29 is 9.84 Å². The summed E-state index contributed by atoms with van der Waals surface area (Å²) in [5.41, 5.74) is 0.748. The molecule has 1 unspecified atom stereocenters. The van der Waals surface area contributed by atoms with Crippen molar-refractivity contribution in [3.63, 3.8) is 0 Å². The number of aliphatic hydroxyl groups is 1. The fraction of sp³-hybridized carbons (Fsp3) is 0.714. The maximum Gasteiger partial charge on any atom is 0.157 e. The van der Waals surface area contributed by atoms with Gasteiger partial charge in [-0.1, -0.05) is 19.3 Å². The number of nitrogens with zero attached hydrogens (tertiary/aromatic N) is 2. The lowest BCUT2D eigenvalue weighted by atomic mass is 9.85. The molecule has 18 heavy (non-hydrogen) atoms. The van der Waals surface area contributed by atoms with Crippen molar-refractivity contribution in [2.24, 2.45) is 5.92 Å². The molecule has 1 aliphatic carbocycles. The molecule has 0 saturated heterocycles. The maximum absolute atomic E-state index is 9.01. The van der Waals surface area contributed by atoms with Crippen LogP contribution < -0.4 is 0 Å². The van der Waals surface area contributed by atoms with Crippen LogP contribution in [0.3, 0.4) is 0 Å². The Morgan fingerprint density at radius 1 is 1.28 bits per heavy atom. The Bertz CT molecular complexity index is 347. The minimum absolute atomic E-state index is 0.0109. The van der Waals surface area contributed by atoms with Crippen LogP contribution in [0, 0.1) is 5.92 Å². The topological polar surface area (TPSA) is 55.2 Å². The lowest BCUT2D eigenvalue weighted by Gasteiger charge is -2.28. The third-order valence-corrected chi connectivity index (χ3v) is 3.59. The van der Waals surface area contributed by atoms with E-state index in [0.29, 0.717) is 12.5 Å². The van der Waals surface area contributed by atoms with Gasteiger partial charge in [-0.15, -0.1) is 0 Å². The van der Waals surface area contributed by atoms with Crippen LogP contribution in [0.5, 0.6) is 0 Å². The summed E-state index contributed by atoms with van der Waals surface area (Å²) >= 11 is 0. The Labute approximate surface area is 108 Å². The van der Waals surface area contributed by atoms with Crippen molar-refractivity contribution in [3.8, 4) is 0 Å². The van der Waals surface area contributed by atoms with E-state index in [4.69, 9.17) is 9.84 Å². The lowest BCUT2D eigenvalue weighted by molar-refractivity contribution is -0.000262. The first kappa shape index (κ1) is 13.4. The lowest BCUT2D eigenvalue weighted by Crippen LogP contribution is -2.21. The minimum Gasteiger partial charge on any atom is -0.392 e. The van der Waals surface area contributed by atoms with Crippen LogP contribution in [0.2, 0.25) is 0 Å². The van der Waals surface area contributed by atoms with Crippen molar-refractivity contribution >= 4 is 0 Å². The van der Waals surface area contributed by atoms with Gasteiger partial charge in [0.25, 0.3) is 0 Å². The molecule has 1 heterocycles. The van der Waals surface area contributed by atoms with Crippen LogP contribution in [0.15, 0.2) is 12.4 Å². The number of aliphatic hydroxyl groups excluding tert-OH is 1. The molecule has 1 N–H and O–H groups in total. The second kappa shape index (κ2) is 6.81. The highest BCUT2D eigenvalue weighted by molar-refractivity contribution is 5.05. The second-order valence-electron chi connectivity index (χ2n) is 4.88. The fourth-order valence-electron chi connectivity index (χ4n) is 2.63. The van der Waals surface area contributed by atoms with Gasteiger partial charge in [-0.3, -0.25) is 0 Å². The Morgan fingerprint density at radius 3 is 2.50 bits per heavy atom. The highest BCUT2D eigenvalue weighted by Crippen LogP contribution is 2.35. The summed E-state index contributed by atoms with van der Waals surface area (Å²) in [6.45, 7) is 2.69. The number of hydrogen-bond acceptors (Lipinski definition) is 4. The van der Waals surface area contributed by atoms with Gasteiger partial charge < -0.3 is 9.84 Å². The van der Waals surface area contributed by atoms with Crippen LogP contribution in [-0.4, -0.2) is 21.7 Å². The van der Waals surface area contributed by atoms with E-state index in [0.717, 1.165) is 11.4 Å². The Morgan fingerprint density at radius 2 is 1.94 bits per heavy atom. The molecular formula is C14H22N2O2. The molecule has 1 aromatic heterocycles. The molecule has 0 aliphatic heterocycles. The number of aromatic nitrogens is 2. The number of rotatable bonds is 5. The highest BCUT2D eigenvalue weighted by atomic mass is 16.5. The first-order chi connectivity index (χ1) is 8.85. The first-order valence-electron chi connectivity index (χ1n) is 6.88. The zero-order valence-electron chi connectivity index (χ0n) is 11.0. The smallest absolute Gasteiger partial charge is 0.157 e. The summed E-state index contributed by atoms with van der Waals surface area (Å²) in [4.78, 5) is 8.70. The van der Waals surface area contributed by atoms with Crippen molar-refractivity contribution in [1.29, 1.82) is 0 Å². The van der Waals surface area contributed by atoms with Gasteiger partial charge in [-0.2, -0.15) is 0 Å². The molecule has 1 aromatic rings. The zero-order valence-corrected chi connectivity index (χ0v) is 11.0. The third kappa shape index (κ3) is 3.27. The molecule has 1 aliphatic rings. The predicted octanol–water partition coefficient (Wildman–Crippen LogP) is 2.63. The molecule has 4 nitrogen and oxygen atoms in total. The molecule has 1 saturated carbocycles. The van der Waals surface area contributed by atoms with Gasteiger partial charge in [0.05, 0.1) is 6.61 Å². The Kier molecular flexibility index (Phi) is 5.08. The van der Waals surface area contributed by atoms with Gasteiger partial charge in [0, 0.05) is 24.6 Å². The summed E-state index contributed by atoms with van der Waals surface area (Å²) in [7, 11) is 0. The monoisotopic (exact) mass is 250 g/mol. The summed E-state index contributed by atoms with van der Waals surface area (Å²) in [5, 5.41) is 9.01. The van der Waals surface area contributed by atoms with Gasteiger partial charge in [0.15, 0.2) is 5.82 Å². The standard InChI is InChI=1S/C14H22N2O2/c1-2-18-13(12-6-4-3-5-7-12)14-15-8-11(10-17)9-16-14/h8-9,12-13,17H,2-7,10H2,1H3. The van der Waals surface area contributed by atoms with Crippen molar-refractivity contribution in [2.75, 3.05) is 6.61 Å². The Balaban J connectivity index is 2.11. The molecule has 2 rings (SSSR count). The van der Waals surface area contributed by atoms with E-state index in [1.54, 1.807) is 12.4 Å². The van der Waals surface area contributed by atoms with Crippen molar-refractivity contribution in [2.45, 2.75) is 51.7 Å². The largest absolute Gasteiger partial charge is 0.392 e.